The molecular formula is C70H117BrN30O17S. The minimum Gasteiger partial charge on any atom is -0.467 e. The molecule has 0 spiro atoms. The minimum absolute atomic E-state index is 0.0284. The van der Waals surface area contributed by atoms with Crippen molar-refractivity contribution in [2.45, 2.75) is 186 Å². The lowest BCUT2D eigenvalue weighted by Crippen LogP contribution is -2.22. The summed E-state index contributed by atoms with van der Waals surface area (Å²) < 4.78 is 65.3. The summed E-state index contributed by atoms with van der Waals surface area (Å²) in [7, 11) is 27.6. The van der Waals surface area contributed by atoms with Crippen LogP contribution in [0.5, 0.6) is 42.1 Å². The molecule has 10 aromatic rings. The Bertz CT molecular complexity index is 5540. The van der Waals surface area contributed by atoms with Crippen molar-refractivity contribution in [1.82, 2.24) is 143 Å². The number of thioether (sulfide) groups is 1. The van der Waals surface area contributed by atoms with Gasteiger partial charge in [-0.1, -0.05) is 32.5 Å². The first kappa shape index (κ1) is 95.0. The van der Waals surface area contributed by atoms with Crippen molar-refractivity contribution in [3.63, 3.8) is 0 Å². The fourth-order valence-corrected chi connectivity index (χ4v) is 12.2. The van der Waals surface area contributed by atoms with Crippen molar-refractivity contribution < 1.29 is 33.2 Å². The molecule has 6 fully saturated rings. The van der Waals surface area contributed by atoms with E-state index >= 15 is 0 Å². The van der Waals surface area contributed by atoms with Gasteiger partial charge in [0, 0.05) is 142 Å². The standard InChI is InChI=1S/C9H15N3O2.C9H13N3O.C8H13N3O2.C7H11N3O2.2C7H13N3O2.C6H8BrN3O.C6H11N3O2.C6H11N3OS.C5H9N3O2/c1-3-6-14-8-10-11(2)9(13)12(8)7-4-5-7;1-11-9(13)12(7-4-5-7)8(10-11)6-2-3-6;1-3-13-7-9-10(2)8(12)11(7)6-4-5-6;1-9-7(11)10(5-3-4-5)6(8-9)12-2;1-5(2)12-6-8-10(4)7(11)9(6)3;1-4-5-12-6-8-10(3)7(11)9(6)2;1-9-6(11)10(4-2-3-4)5(7)8-9;2*1-4-11-5-7-9(3)6(10)8(5)2;1-7-4(10-3)6-8(2)5(7)9/h7H,3-6H2,1-2H3;6-7H,2-5H2,1H3;6H,3-5H2,1-2H3;5H,3-4H2,1-2H3;5H,1-4H3;4-5H2,1-3H3;4H,2-3H2,1H3;2*4H2,1-3H3;1-3H3. The van der Waals surface area contributed by atoms with Crippen LogP contribution in [0.1, 0.15) is 180 Å². The van der Waals surface area contributed by atoms with E-state index < -0.39 is 0 Å². The molecule has 47 nitrogen and oxygen atoms in total. The van der Waals surface area contributed by atoms with Crippen molar-refractivity contribution in [2.24, 2.45) is 106 Å². The van der Waals surface area contributed by atoms with Crippen LogP contribution in [0.15, 0.2) is 57.8 Å². The smallest absolute Gasteiger partial charge is 0.348 e. The molecule has 49 heteroatoms. The minimum atomic E-state index is -0.183. The zero-order valence-electron chi connectivity index (χ0n) is 72.6. The second-order valence-electron chi connectivity index (χ2n) is 28.6. The number of nitrogens with zero attached hydrogens (tertiary/aromatic N) is 30. The van der Waals surface area contributed by atoms with E-state index in [9.17, 15) is 47.9 Å². The summed E-state index contributed by atoms with van der Waals surface area (Å²) in [5.74, 6) is 2.55. The highest BCUT2D eigenvalue weighted by Gasteiger charge is 2.37. The van der Waals surface area contributed by atoms with Gasteiger partial charge in [-0.05, 0) is 139 Å². The number of halogens is 1. The summed E-state index contributed by atoms with van der Waals surface area (Å²) in [5.41, 5.74) is -0.958. The lowest BCUT2D eigenvalue weighted by atomic mass is 10.4. The SMILES string of the molecule is CC(C)Oc1nn(C)c(=O)n1C.CCCOc1nn(C)c(=O)n1C.CCCOc1nn(C)c(=O)n1C1CC1.CCOc1nn(C)c(=O)n1C.CCOc1nn(C)c(=O)n1C1CC1.CCSc1nn(C)c(=O)n1C.COc1nn(C)c(=O)n1C.COc1nn(C)c(=O)n1C1CC1.Cn1nc(Br)n(C2CC2)c1=O.Cn1nc(C2CC2)n(C2CC2)c1=O. The topological polar surface area (TPSA) is 463 Å². The Morgan fingerprint density at radius 1 is 0.328 bits per heavy atom. The lowest BCUT2D eigenvalue weighted by molar-refractivity contribution is 0.213. The molecule has 0 atom stereocenters. The van der Waals surface area contributed by atoms with Gasteiger partial charge in [0.25, 0.3) is 0 Å². The van der Waals surface area contributed by atoms with Crippen LogP contribution >= 0.6 is 27.7 Å². The molecule has 6 saturated carbocycles. The van der Waals surface area contributed by atoms with E-state index in [4.69, 9.17) is 33.2 Å². The molecule has 0 radical (unpaired) electrons. The fourth-order valence-electron chi connectivity index (χ4n) is 10.9. The molecule has 0 unspecified atom stereocenters. The van der Waals surface area contributed by atoms with E-state index in [1.165, 1.54) is 92.1 Å². The zero-order chi connectivity index (χ0) is 88.3. The molecule has 0 bridgehead atoms. The zero-order valence-corrected chi connectivity index (χ0v) is 75.0. The highest BCUT2D eigenvalue weighted by atomic mass is 79.9. The van der Waals surface area contributed by atoms with Gasteiger partial charge in [-0.25, -0.2) is 127 Å². The average Bonchev–Trinajstić information content (AvgIpc) is 1.60. The Labute approximate surface area is 696 Å². The molecule has 0 N–H and O–H groups in total. The van der Waals surface area contributed by atoms with E-state index in [-0.39, 0.29) is 63.0 Å². The van der Waals surface area contributed by atoms with E-state index in [2.05, 4.69) is 66.9 Å². The number of ether oxygens (including phenoxy) is 7. The van der Waals surface area contributed by atoms with E-state index in [1.807, 2.05) is 53.0 Å². The van der Waals surface area contributed by atoms with Gasteiger partial charge in [0.1, 0.15) is 5.82 Å². The molecule has 10 aromatic heterocycles. The second-order valence-corrected chi connectivity index (χ2v) is 30.5. The number of methoxy groups -OCH3 is 2. The van der Waals surface area contributed by atoms with Crippen molar-refractivity contribution in [3.05, 3.63) is 115 Å². The van der Waals surface area contributed by atoms with Crippen LogP contribution in [0.3, 0.4) is 0 Å². The number of aromatic nitrogens is 30. The summed E-state index contributed by atoms with van der Waals surface area (Å²) in [6.07, 6.45) is 15.2. The van der Waals surface area contributed by atoms with Crippen molar-refractivity contribution >= 4 is 27.7 Å². The Morgan fingerprint density at radius 3 is 0.933 bits per heavy atom. The fraction of sp³-hybridized carbons (Fsp3) is 0.714. The Hall–Kier alpha value is -11.2. The van der Waals surface area contributed by atoms with Crippen LogP contribution < -0.4 is 90.1 Å². The maximum absolute atomic E-state index is 11.7. The van der Waals surface area contributed by atoms with E-state index in [0.29, 0.717) is 109 Å². The predicted molar refractivity (Wildman–Crippen MR) is 440 cm³/mol. The van der Waals surface area contributed by atoms with Gasteiger partial charge in [0.15, 0.2) is 5.16 Å². The normalized spacial score (nSPS) is 14.2. The van der Waals surface area contributed by atoms with Crippen LogP contribution in [0.4, 0.5) is 0 Å². The van der Waals surface area contributed by atoms with Crippen molar-refractivity contribution in [3.8, 4) is 42.1 Å². The van der Waals surface area contributed by atoms with Gasteiger partial charge in [-0.3, -0.25) is 13.7 Å². The summed E-state index contributed by atoms with van der Waals surface area (Å²) in [6.45, 7) is 15.8. The van der Waals surface area contributed by atoms with E-state index in [0.717, 1.165) is 93.8 Å². The summed E-state index contributed by atoms with van der Waals surface area (Å²) in [6, 6.07) is 4.60. The molecule has 6 aliphatic carbocycles. The highest BCUT2D eigenvalue weighted by Crippen LogP contribution is 2.43. The highest BCUT2D eigenvalue weighted by molar-refractivity contribution is 9.10. The first-order chi connectivity index (χ1) is 56.4. The maximum atomic E-state index is 11.7. The van der Waals surface area contributed by atoms with Crippen LogP contribution in [-0.2, 0) is 106 Å². The van der Waals surface area contributed by atoms with E-state index in [1.54, 1.807) is 140 Å². The van der Waals surface area contributed by atoms with Crippen molar-refractivity contribution in [2.75, 3.05) is 46.4 Å². The average molecular weight is 1760 g/mol. The molecule has 0 aliphatic heterocycles. The Kier molecular flexibility index (Phi) is 34.3. The van der Waals surface area contributed by atoms with Gasteiger partial charge >= 0.3 is 99.0 Å². The summed E-state index contributed by atoms with van der Waals surface area (Å²) in [4.78, 5) is 113. The third kappa shape index (κ3) is 25.2. The summed E-state index contributed by atoms with van der Waals surface area (Å²) >= 11 is 4.81. The number of aryl methyl sites for hydroxylation is 10. The second kappa shape index (κ2) is 43.0. The van der Waals surface area contributed by atoms with Crippen LogP contribution in [0.25, 0.3) is 0 Å². The molecule has 16 rings (SSSR count). The quantitative estimate of drug-likeness (QED) is 0.0858. The van der Waals surface area contributed by atoms with Gasteiger partial charge in [0.05, 0.1) is 46.8 Å². The third-order valence-electron chi connectivity index (χ3n) is 18.0. The number of rotatable bonds is 22. The monoisotopic (exact) mass is 1760 g/mol. The number of hydrogen-bond acceptors (Lipinski definition) is 28. The van der Waals surface area contributed by atoms with Gasteiger partial charge < -0.3 is 33.2 Å². The maximum Gasteiger partial charge on any atom is 0.348 e. The first-order valence-corrected chi connectivity index (χ1v) is 41.0. The Balaban J connectivity index is 0.000000183. The molecule has 6 aliphatic rings. The number of hydrogen-bond donors (Lipinski definition) is 0. The van der Waals surface area contributed by atoms with Crippen molar-refractivity contribution in [1.29, 1.82) is 0 Å². The third-order valence-corrected chi connectivity index (χ3v) is 19.4. The molecule has 0 aromatic carbocycles. The first-order valence-electron chi connectivity index (χ1n) is 39.2. The molecule has 119 heavy (non-hydrogen) atoms. The van der Waals surface area contributed by atoms with Gasteiger partial charge in [-0.2, -0.15) is 5.10 Å². The molecule has 662 valence electrons. The molecule has 0 saturated heterocycles. The molecule has 0 amide bonds. The van der Waals surface area contributed by atoms with Gasteiger partial charge in [-0.15, -0.1) is 45.9 Å². The van der Waals surface area contributed by atoms with Crippen LogP contribution in [0, 0.1) is 0 Å². The lowest BCUT2D eigenvalue weighted by Gasteiger charge is -2.05. The predicted octanol–water partition coefficient (Wildman–Crippen LogP) is 1.11. The molecular weight excluding hydrogens is 1640 g/mol. The summed E-state index contributed by atoms with van der Waals surface area (Å²) in [5, 5.41) is 40.5. The largest absolute Gasteiger partial charge is 0.467 e. The van der Waals surface area contributed by atoms with Gasteiger partial charge in [0.2, 0.25) is 4.73 Å². The van der Waals surface area contributed by atoms with Crippen LogP contribution in [0.2, 0.25) is 0 Å². The van der Waals surface area contributed by atoms with Crippen LogP contribution in [-0.4, -0.2) is 196 Å². The molecule has 10 heterocycles. The Morgan fingerprint density at radius 2 is 0.613 bits per heavy atom.